The number of hydrogen-bond acceptors (Lipinski definition) is 8. The first-order valence-electron chi connectivity index (χ1n) is 8.57. The Kier molecular flexibility index (Phi) is 6.40. The smallest absolute Gasteiger partial charge is 0.338 e. The lowest BCUT2D eigenvalue weighted by Crippen LogP contribution is -2.30. The molecule has 1 aromatic carbocycles. The van der Waals surface area contributed by atoms with Crippen LogP contribution in [0.15, 0.2) is 47.1 Å². The molecule has 1 unspecified atom stereocenters. The fourth-order valence-corrected chi connectivity index (χ4v) is 2.40. The van der Waals surface area contributed by atoms with E-state index < -0.39 is 18.0 Å². The summed E-state index contributed by atoms with van der Waals surface area (Å²) in [4.78, 5) is 32.3. The Morgan fingerprint density at radius 1 is 1.24 bits per heavy atom. The van der Waals surface area contributed by atoms with Crippen LogP contribution in [0.2, 0.25) is 5.15 Å². The van der Waals surface area contributed by atoms with Crippen LogP contribution in [0.4, 0.5) is 5.69 Å². The molecule has 0 fully saturated rings. The summed E-state index contributed by atoms with van der Waals surface area (Å²) in [5.41, 5.74) is 0.604. The molecular formula is C19H17ClN4O5. The number of rotatable bonds is 7. The van der Waals surface area contributed by atoms with Crippen LogP contribution in [0.3, 0.4) is 0 Å². The minimum atomic E-state index is -1.03. The molecule has 0 aliphatic carbocycles. The van der Waals surface area contributed by atoms with Crippen LogP contribution >= 0.6 is 11.6 Å². The summed E-state index contributed by atoms with van der Waals surface area (Å²) in [6.07, 6.45) is 0.467. The molecule has 1 N–H and O–H groups in total. The van der Waals surface area contributed by atoms with Crippen molar-refractivity contribution in [2.24, 2.45) is 0 Å². The number of anilines is 1. The van der Waals surface area contributed by atoms with Crippen molar-refractivity contribution in [2.75, 3.05) is 5.32 Å². The second-order valence-electron chi connectivity index (χ2n) is 5.92. The van der Waals surface area contributed by atoms with Gasteiger partial charge in [0, 0.05) is 13.1 Å². The number of benzene rings is 1. The van der Waals surface area contributed by atoms with Gasteiger partial charge in [-0.15, -0.1) is 0 Å². The van der Waals surface area contributed by atoms with Gasteiger partial charge in [-0.1, -0.05) is 16.8 Å². The first-order valence-corrected chi connectivity index (χ1v) is 8.94. The number of nitrogens with one attached hydrogen (secondary N) is 1. The van der Waals surface area contributed by atoms with Gasteiger partial charge in [0.15, 0.2) is 17.9 Å². The van der Waals surface area contributed by atoms with Crippen LogP contribution in [0.25, 0.3) is 0 Å². The first-order chi connectivity index (χ1) is 13.9. The molecule has 0 aliphatic heterocycles. The highest BCUT2D eigenvalue weighted by atomic mass is 35.5. The number of ether oxygens (including phenoxy) is 2. The van der Waals surface area contributed by atoms with Crippen molar-refractivity contribution in [3.63, 3.8) is 0 Å². The average Bonchev–Trinajstić information content (AvgIpc) is 3.13. The zero-order valence-corrected chi connectivity index (χ0v) is 16.3. The van der Waals surface area contributed by atoms with E-state index in [9.17, 15) is 9.59 Å². The zero-order valence-electron chi connectivity index (χ0n) is 15.6. The lowest BCUT2D eigenvalue weighted by Gasteiger charge is -2.14. The minimum absolute atomic E-state index is 0.134. The van der Waals surface area contributed by atoms with E-state index in [4.69, 9.17) is 25.6 Å². The highest BCUT2D eigenvalue weighted by Crippen LogP contribution is 2.18. The maximum Gasteiger partial charge on any atom is 0.338 e. The Morgan fingerprint density at radius 3 is 2.66 bits per heavy atom. The highest BCUT2D eigenvalue weighted by Gasteiger charge is 2.20. The van der Waals surface area contributed by atoms with Gasteiger partial charge in [0.25, 0.3) is 5.91 Å². The van der Waals surface area contributed by atoms with Gasteiger partial charge in [-0.25, -0.2) is 9.78 Å². The van der Waals surface area contributed by atoms with Gasteiger partial charge < -0.3 is 19.3 Å². The Balaban J connectivity index is 1.53. The zero-order chi connectivity index (χ0) is 20.8. The second-order valence-corrected chi connectivity index (χ2v) is 6.28. The molecular weight excluding hydrogens is 400 g/mol. The molecule has 0 aliphatic rings. The van der Waals surface area contributed by atoms with E-state index in [0.717, 1.165) is 0 Å². The number of hydrogen-bond donors (Lipinski definition) is 1. The Morgan fingerprint density at radius 2 is 2.00 bits per heavy atom. The summed E-state index contributed by atoms with van der Waals surface area (Å²) < 4.78 is 15.6. The van der Waals surface area contributed by atoms with Crippen LogP contribution in [-0.4, -0.2) is 33.1 Å². The number of nitrogens with zero attached hydrogens (tertiary/aromatic N) is 3. The molecule has 3 aromatic rings. The van der Waals surface area contributed by atoms with E-state index >= 15 is 0 Å². The third kappa shape index (κ3) is 5.52. The summed E-state index contributed by atoms with van der Waals surface area (Å²) in [5, 5.41) is 6.43. The molecule has 2 heterocycles. The number of amides is 1. The molecule has 0 saturated heterocycles. The average molecular weight is 417 g/mol. The number of carbonyl (C=O) groups excluding carboxylic acids is 2. The van der Waals surface area contributed by atoms with Gasteiger partial charge in [-0.05, 0) is 43.3 Å². The summed E-state index contributed by atoms with van der Waals surface area (Å²) in [6, 6.07) is 9.48. The van der Waals surface area contributed by atoms with E-state index in [0.29, 0.717) is 23.2 Å². The monoisotopic (exact) mass is 416 g/mol. The third-order valence-corrected chi connectivity index (χ3v) is 4.00. The van der Waals surface area contributed by atoms with Crippen molar-refractivity contribution in [1.82, 2.24) is 15.1 Å². The standard InChI is InChI=1S/C19H17ClN4O5/c1-11(18(25)23-15-4-3-9-21-17(15)20)28-19(26)13-5-7-14(8-6-13)27-10-16-22-12(2)29-24-16/h3-9,11H,10H2,1-2H3,(H,23,25). The Bertz CT molecular complexity index is 1010. The summed E-state index contributed by atoms with van der Waals surface area (Å²) >= 11 is 5.90. The van der Waals surface area contributed by atoms with Crippen molar-refractivity contribution in [1.29, 1.82) is 0 Å². The maximum absolute atomic E-state index is 12.3. The summed E-state index contributed by atoms with van der Waals surface area (Å²) in [6.45, 7) is 3.28. The van der Waals surface area contributed by atoms with Crippen molar-refractivity contribution in [2.45, 2.75) is 26.6 Å². The molecule has 10 heteroatoms. The fourth-order valence-electron chi connectivity index (χ4n) is 2.23. The van der Waals surface area contributed by atoms with Crippen molar-refractivity contribution < 1.29 is 23.6 Å². The third-order valence-electron chi connectivity index (χ3n) is 3.70. The molecule has 1 amide bonds. The number of halogens is 1. The van der Waals surface area contributed by atoms with E-state index in [1.807, 2.05) is 0 Å². The maximum atomic E-state index is 12.3. The van der Waals surface area contributed by atoms with E-state index in [2.05, 4.69) is 20.4 Å². The van der Waals surface area contributed by atoms with E-state index in [1.165, 1.54) is 25.3 Å². The first kappa shape index (κ1) is 20.3. The lowest BCUT2D eigenvalue weighted by molar-refractivity contribution is -0.123. The number of aryl methyl sites for hydroxylation is 1. The number of aromatic nitrogens is 3. The topological polar surface area (TPSA) is 116 Å². The lowest BCUT2D eigenvalue weighted by atomic mass is 10.2. The highest BCUT2D eigenvalue weighted by molar-refractivity contribution is 6.32. The SMILES string of the molecule is Cc1nc(COc2ccc(C(=O)OC(C)C(=O)Nc3cccnc3Cl)cc2)no1. The molecule has 1 atom stereocenters. The van der Waals surface area contributed by atoms with Crippen molar-refractivity contribution in [3.8, 4) is 5.75 Å². The van der Waals surface area contributed by atoms with E-state index in [-0.39, 0.29) is 17.3 Å². The van der Waals surface area contributed by atoms with Gasteiger partial charge >= 0.3 is 5.97 Å². The van der Waals surface area contributed by atoms with Crippen LogP contribution in [0.1, 0.15) is 29.0 Å². The van der Waals surface area contributed by atoms with Gasteiger partial charge in [0.1, 0.15) is 5.75 Å². The van der Waals surface area contributed by atoms with Gasteiger partial charge in [-0.2, -0.15) is 4.98 Å². The van der Waals surface area contributed by atoms with Gasteiger partial charge in [0.05, 0.1) is 11.3 Å². The van der Waals surface area contributed by atoms with Gasteiger partial charge in [-0.3, -0.25) is 4.79 Å². The van der Waals surface area contributed by atoms with Crippen molar-refractivity contribution in [3.05, 3.63) is 65.0 Å². The summed E-state index contributed by atoms with van der Waals surface area (Å²) in [5.74, 6) is 0.208. The molecule has 0 spiro atoms. The van der Waals surface area contributed by atoms with Gasteiger partial charge in [0.2, 0.25) is 11.7 Å². The number of pyridine rings is 1. The summed E-state index contributed by atoms with van der Waals surface area (Å²) in [7, 11) is 0. The molecule has 0 bridgehead atoms. The van der Waals surface area contributed by atoms with E-state index in [1.54, 1.807) is 31.2 Å². The minimum Gasteiger partial charge on any atom is -0.485 e. The number of esters is 1. The molecule has 150 valence electrons. The molecule has 0 radical (unpaired) electrons. The number of carbonyl (C=O) groups is 2. The fraction of sp³-hybridized carbons (Fsp3) is 0.211. The molecule has 9 nitrogen and oxygen atoms in total. The molecule has 2 aromatic heterocycles. The second kappa shape index (κ2) is 9.16. The quantitative estimate of drug-likeness (QED) is 0.461. The van der Waals surface area contributed by atoms with Crippen LogP contribution in [0, 0.1) is 6.92 Å². The van der Waals surface area contributed by atoms with Crippen LogP contribution < -0.4 is 10.1 Å². The van der Waals surface area contributed by atoms with Crippen LogP contribution in [0.5, 0.6) is 5.75 Å². The largest absolute Gasteiger partial charge is 0.485 e. The normalized spacial score (nSPS) is 11.6. The van der Waals surface area contributed by atoms with Crippen molar-refractivity contribution >= 4 is 29.2 Å². The Labute approximate surface area is 171 Å². The molecule has 0 saturated carbocycles. The predicted molar refractivity (Wildman–Crippen MR) is 103 cm³/mol. The molecule has 3 rings (SSSR count). The predicted octanol–water partition coefficient (Wildman–Crippen LogP) is 3.19. The van der Waals surface area contributed by atoms with Crippen LogP contribution in [-0.2, 0) is 16.1 Å². The Hall–Kier alpha value is -3.46. The molecule has 29 heavy (non-hydrogen) atoms.